The number of aryl methyl sites for hydroxylation is 1. The number of rotatable bonds is 6. The third kappa shape index (κ3) is 4.50. The smallest absolute Gasteiger partial charge is 0.315 e. The molecule has 1 aromatic carbocycles. The van der Waals surface area contributed by atoms with E-state index in [9.17, 15) is 14.4 Å². The molecule has 0 aromatic heterocycles. The van der Waals surface area contributed by atoms with Crippen LogP contribution in [0.3, 0.4) is 0 Å². The van der Waals surface area contributed by atoms with Crippen LogP contribution in [0.15, 0.2) is 24.3 Å². The van der Waals surface area contributed by atoms with Gasteiger partial charge in [0.2, 0.25) is 5.91 Å². The molecule has 24 heavy (non-hydrogen) atoms. The lowest BCUT2D eigenvalue weighted by atomic mass is 9.93. The van der Waals surface area contributed by atoms with Crippen LogP contribution in [0.25, 0.3) is 0 Å². The van der Waals surface area contributed by atoms with Gasteiger partial charge in [0.1, 0.15) is 0 Å². The average Bonchev–Trinajstić information content (AvgIpc) is 2.85. The van der Waals surface area contributed by atoms with E-state index in [4.69, 9.17) is 0 Å². The molecule has 1 aliphatic rings. The number of urea groups is 1. The Morgan fingerprint density at radius 2 is 2.00 bits per heavy atom. The van der Waals surface area contributed by atoms with E-state index in [1.807, 2.05) is 31.2 Å². The molecule has 2 rings (SSSR count). The zero-order chi connectivity index (χ0) is 17.7. The maximum atomic E-state index is 12.2. The van der Waals surface area contributed by atoms with Crippen molar-refractivity contribution in [2.45, 2.75) is 26.8 Å². The Morgan fingerprint density at radius 1 is 1.29 bits per heavy atom. The summed E-state index contributed by atoms with van der Waals surface area (Å²) in [6, 6.07) is 7.56. The average molecular weight is 349 g/mol. The Bertz CT molecular complexity index is 617. The molecule has 130 valence electrons. The summed E-state index contributed by atoms with van der Waals surface area (Å²) in [5.74, 6) is 0.218. The summed E-state index contributed by atoms with van der Waals surface area (Å²) < 4.78 is 0. The van der Waals surface area contributed by atoms with E-state index in [2.05, 4.69) is 24.5 Å². The Labute approximate surface area is 146 Å². The molecule has 0 aliphatic carbocycles. The SMILES string of the molecule is Cc1ccccc1C(NC(=O)NCCN1C(=O)CSC1=O)C(C)C. The quantitative estimate of drug-likeness (QED) is 0.828. The molecule has 0 saturated carbocycles. The molecular formula is C17H23N3O3S. The van der Waals surface area contributed by atoms with Crippen molar-refractivity contribution in [2.75, 3.05) is 18.8 Å². The molecule has 4 amide bonds. The van der Waals surface area contributed by atoms with Crippen molar-refractivity contribution < 1.29 is 14.4 Å². The fourth-order valence-corrected chi connectivity index (χ4v) is 3.36. The Hall–Kier alpha value is -2.02. The van der Waals surface area contributed by atoms with Crippen molar-refractivity contribution in [3.8, 4) is 0 Å². The molecule has 1 aliphatic heterocycles. The van der Waals surface area contributed by atoms with Crippen LogP contribution in [0.4, 0.5) is 9.59 Å². The second kappa shape index (κ2) is 8.19. The molecule has 1 heterocycles. The highest BCUT2D eigenvalue weighted by molar-refractivity contribution is 8.14. The molecule has 6 nitrogen and oxygen atoms in total. The summed E-state index contributed by atoms with van der Waals surface area (Å²) in [7, 11) is 0. The minimum Gasteiger partial charge on any atom is -0.336 e. The van der Waals surface area contributed by atoms with E-state index in [0.29, 0.717) is 0 Å². The molecule has 1 aromatic rings. The van der Waals surface area contributed by atoms with E-state index in [1.165, 1.54) is 4.90 Å². The maximum Gasteiger partial charge on any atom is 0.315 e. The monoisotopic (exact) mass is 349 g/mol. The lowest BCUT2D eigenvalue weighted by Crippen LogP contribution is -2.43. The van der Waals surface area contributed by atoms with Crippen molar-refractivity contribution >= 4 is 28.9 Å². The van der Waals surface area contributed by atoms with Crippen molar-refractivity contribution in [3.63, 3.8) is 0 Å². The van der Waals surface area contributed by atoms with Gasteiger partial charge in [0, 0.05) is 13.1 Å². The van der Waals surface area contributed by atoms with E-state index in [1.54, 1.807) is 0 Å². The Balaban J connectivity index is 1.89. The molecule has 0 spiro atoms. The number of carbonyl (C=O) groups excluding carboxylic acids is 3. The highest BCUT2D eigenvalue weighted by Gasteiger charge is 2.29. The van der Waals surface area contributed by atoms with Gasteiger partial charge in [-0.05, 0) is 24.0 Å². The fraction of sp³-hybridized carbons (Fsp3) is 0.471. The van der Waals surface area contributed by atoms with E-state index in [-0.39, 0.29) is 48.0 Å². The number of hydrogen-bond donors (Lipinski definition) is 2. The summed E-state index contributed by atoms with van der Waals surface area (Å²) in [6.07, 6.45) is 0. The number of thioether (sulfide) groups is 1. The first-order valence-corrected chi connectivity index (χ1v) is 8.95. The van der Waals surface area contributed by atoms with Crippen LogP contribution in [0, 0.1) is 12.8 Å². The van der Waals surface area contributed by atoms with E-state index in [0.717, 1.165) is 22.9 Å². The summed E-state index contributed by atoms with van der Waals surface area (Å²) in [5.41, 5.74) is 2.21. The Morgan fingerprint density at radius 3 is 2.58 bits per heavy atom. The van der Waals surface area contributed by atoms with Gasteiger partial charge in [-0.1, -0.05) is 49.9 Å². The summed E-state index contributed by atoms with van der Waals surface area (Å²) in [6.45, 7) is 6.57. The molecule has 1 saturated heterocycles. The predicted octanol–water partition coefficient (Wildman–Crippen LogP) is 2.69. The third-order valence-corrected chi connectivity index (χ3v) is 4.80. The topological polar surface area (TPSA) is 78.5 Å². The molecule has 1 atom stereocenters. The second-order valence-corrected chi connectivity index (χ2v) is 7.01. The minimum atomic E-state index is -0.302. The van der Waals surface area contributed by atoms with Crippen molar-refractivity contribution in [1.82, 2.24) is 15.5 Å². The fourth-order valence-electron chi connectivity index (χ4n) is 2.61. The number of imide groups is 1. The number of nitrogens with zero attached hydrogens (tertiary/aromatic N) is 1. The molecule has 0 bridgehead atoms. The van der Waals surface area contributed by atoms with Crippen molar-refractivity contribution in [1.29, 1.82) is 0 Å². The van der Waals surface area contributed by atoms with Gasteiger partial charge >= 0.3 is 6.03 Å². The highest BCUT2D eigenvalue weighted by Crippen LogP contribution is 2.24. The summed E-state index contributed by atoms with van der Waals surface area (Å²) in [5, 5.41) is 5.45. The number of carbonyl (C=O) groups is 3. The first-order chi connectivity index (χ1) is 11.4. The lowest BCUT2D eigenvalue weighted by Gasteiger charge is -2.25. The molecule has 1 unspecified atom stereocenters. The van der Waals surface area contributed by atoms with Crippen LogP contribution in [0.1, 0.15) is 31.0 Å². The third-order valence-electron chi connectivity index (χ3n) is 3.94. The largest absolute Gasteiger partial charge is 0.336 e. The number of nitrogens with one attached hydrogen (secondary N) is 2. The standard InChI is InChI=1S/C17H23N3O3S/c1-11(2)15(13-7-5-4-6-12(13)3)19-16(22)18-8-9-20-14(21)10-24-17(20)23/h4-7,11,15H,8-10H2,1-3H3,(H2,18,19,22). The molecule has 1 fully saturated rings. The predicted molar refractivity (Wildman–Crippen MR) is 94.9 cm³/mol. The van der Waals surface area contributed by atoms with E-state index >= 15 is 0 Å². The zero-order valence-electron chi connectivity index (χ0n) is 14.2. The normalized spacial score (nSPS) is 15.8. The lowest BCUT2D eigenvalue weighted by molar-refractivity contribution is -0.124. The van der Waals surface area contributed by atoms with E-state index < -0.39 is 0 Å². The van der Waals surface area contributed by atoms with Gasteiger partial charge in [-0.15, -0.1) is 0 Å². The van der Waals surface area contributed by atoms with Crippen LogP contribution >= 0.6 is 11.8 Å². The van der Waals surface area contributed by atoms with Gasteiger partial charge < -0.3 is 10.6 Å². The van der Waals surface area contributed by atoms with Gasteiger partial charge in [-0.2, -0.15) is 0 Å². The van der Waals surface area contributed by atoms with Gasteiger partial charge in [-0.25, -0.2) is 4.79 Å². The van der Waals surface area contributed by atoms with Gasteiger partial charge in [0.25, 0.3) is 5.24 Å². The van der Waals surface area contributed by atoms with Gasteiger partial charge in [-0.3, -0.25) is 14.5 Å². The molecular weight excluding hydrogens is 326 g/mol. The second-order valence-electron chi connectivity index (χ2n) is 6.08. The minimum absolute atomic E-state index is 0.100. The van der Waals surface area contributed by atoms with Crippen LogP contribution < -0.4 is 10.6 Å². The van der Waals surface area contributed by atoms with Gasteiger partial charge in [0.15, 0.2) is 0 Å². The van der Waals surface area contributed by atoms with Gasteiger partial charge in [0.05, 0.1) is 11.8 Å². The van der Waals surface area contributed by atoms with Crippen LogP contribution in [0.2, 0.25) is 0 Å². The van der Waals surface area contributed by atoms with Crippen molar-refractivity contribution in [3.05, 3.63) is 35.4 Å². The summed E-state index contributed by atoms with van der Waals surface area (Å²) >= 11 is 0.995. The highest BCUT2D eigenvalue weighted by atomic mass is 32.2. The van der Waals surface area contributed by atoms with Crippen LogP contribution in [0.5, 0.6) is 0 Å². The molecule has 2 N–H and O–H groups in total. The maximum absolute atomic E-state index is 12.2. The first-order valence-electron chi connectivity index (χ1n) is 7.97. The first kappa shape index (κ1) is 18.3. The molecule has 0 radical (unpaired) electrons. The van der Waals surface area contributed by atoms with Crippen LogP contribution in [-0.4, -0.2) is 40.9 Å². The zero-order valence-corrected chi connectivity index (χ0v) is 15.0. The Kier molecular flexibility index (Phi) is 6.25. The van der Waals surface area contributed by atoms with Crippen LogP contribution in [-0.2, 0) is 4.79 Å². The molecule has 7 heteroatoms. The number of amides is 4. The number of hydrogen-bond acceptors (Lipinski definition) is 4. The van der Waals surface area contributed by atoms with Crippen molar-refractivity contribution in [2.24, 2.45) is 5.92 Å². The number of benzene rings is 1. The summed E-state index contributed by atoms with van der Waals surface area (Å²) in [4.78, 5) is 36.3.